The first-order valence-corrected chi connectivity index (χ1v) is 2.62. The molecule has 1 aliphatic heterocycles. The largest absolute Gasteiger partial charge is 0.461 e. The highest BCUT2D eigenvalue weighted by Crippen LogP contribution is 2.10. The number of allylic oxidation sites excluding steroid dienone is 1. The fraction of sp³-hybridized carbons (Fsp3) is 0.500. The molecule has 8 heavy (non-hydrogen) atoms. The average Bonchev–Trinajstić information content (AvgIpc) is 2.14. The van der Waals surface area contributed by atoms with Gasteiger partial charge in [-0.15, -0.1) is 0 Å². The van der Waals surface area contributed by atoms with Gasteiger partial charge >= 0.3 is 5.97 Å². The van der Waals surface area contributed by atoms with E-state index in [9.17, 15) is 4.79 Å². The van der Waals surface area contributed by atoms with Crippen molar-refractivity contribution in [2.45, 2.75) is 13.3 Å². The van der Waals surface area contributed by atoms with Crippen LogP contribution in [0.4, 0.5) is 0 Å². The van der Waals surface area contributed by atoms with Crippen LogP contribution in [0.2, 0.25) is 0 Å². The van der Waals surface area contributed by atoms with Gasteiger partial charge in [0.15, 0.2) is 0 Å². The van der Waals surface area contributed by atoms with Crippen molar-refractivity contribution in [3.8, 4) is 0 Å². The molecule has 2 heteroatoms. The monoisotopic (exact) mass is 112 g/mol. The molecule has 44 valence electrons. The number of carbonyl (C=O) groups is 1. The number of hydrogen-bond acceptors (Lipinski definition) is 2. The molecule has 0 radical (unpaired) electrons. The molecule has 0 bridgehead atoms. The van der Waals surface area contributed by atoms with Crippen LogP contribution in [0.1, 0.15) is 13.3 Å². The van der Waals surface area contributed by atoms with Crippen molar-refractivity contribution in [1.82, 2.24) is 0 Å². The van der Waals surface area contributed by atoms with Gasteiger partial charge in [0.05, 0.1) is 6.42 Å². The maximum Gasteiger partial charge on any atom is 0.310 e. The lowest BCUT2D eigenvalue weighted by Gasteiger charge is -1.83. The molecule has 1 fully saturated rings. The van der Waals surface area contributed by atoms with Crippen LogP contribution in [-0.2, 0) is 9.53 Å². The van der Waals surface area contributed by atoms with Crippen molar-refractivity contribution in [3.05, 3.63) is 11.6 Å². The minimum absolute atomic E-state index is 0.0990. The van der Waals surface area contributed by atoms with E-state index in [2.05, 4.69) is 4.74 Å². The first kappa shape index (κ1) is 5.35. The topological polar surface area (TPSA) is 26.3 Å². The number of hydrogen-bond donors (Lipinski definition) is 0. The van der Waals surface area contributed by atoms with E-state index in [1.807, 2.05) is 13.0 Å². The lowest BCUT2D eigenvalue weighted by Crippen LogP contribution is -1.88. The molecule has 1 aliphatic rings. The van der Waals surface area contributed by atoms with Crippen molar-refractivity contribution in [1.29, 1.82) is 0 Å². The van der Waals surface area contributed by atoms with E-state index in [1.54, 1.807) is 0 Å². The maximum atomic E-state index is 10.3. The number of esters is 1. The third kappa shape index (κ3) is 0.886. The van der Waals surface area contributed by atoms with Crippen molar-refractivity contribution in [3.63, 3.8) is 0 Å². The van der Waals surface area contributed by atoms with Crippen LogP contribution < -0.4 is 0 Å². The first-order valence-electron chi connectivity index (χ1n) is 2.62. The van der Waals surface area contributed by atoms with E-state index >= 15 is 0 Å². The molecule has 1 rings (SSSR count). The Kier molecular flexibility index (Phi) is 1.33. The standard InChI is InChI=1S/C6H8O2/c1-2-5-3-6(7)8-4-5/h2H,3-4H2,1H3. The van der Waals surface area contributed by atoms with Crippen LogP contribution >= 0.6 is 0 Å². The summed E-state index contributed by atoms with van der Waals surface area (Å²) in [6, 6.07) is 0. The van der Waals surface area contributed by atoms with E-state index in [-0.39, 0.29) is 5.97 Å². The Morgan fingerprint density at radius 2 is 2.50 bits per heavy atom. The molecule has 1 saturated heterocycles. The molecule has 0 spiro atoms. The van der Waals surface area contributed by atoms with Crippen LogP contribution in [0.3, 0.4) is 0 Å². The van der Waals surface area contributed by atoms with Gasteiger partial charge in [-0.25, -0.2) is 0 Å². The molecule has 0 aliphatic carbocycles. The van der Waals surface area contributed by atoms with Crippen molar-refractivity contribution in [2.24, 2.45) is 0 Å². The normalized spacial score (nSPS) is 24.1. The van der Waals surface area contributed by atoms with Gasteiger partial charge in [0.25, 0.3) is 0 Å². The van der Waals surface area contributed by atoms with Gasteiger partial charge in [0, 0.05) is 0 Å². The average molecular weight is 112 g/mol. The van der Waals surface area contributed by atoms with Gasteiger partial charge in [-0.05, 0) is 12.5 Å². The number of rotatable bonds is 0. The van der Waals surface area contributed by atoms with Crippen molar-refractivity contribution in [2.75, 3.05) is 6.61 Å². The fourth-order valence-electron chi connectivity index (χ4n) is 0.646. The second-order valence-electron chi connectivity index (χ2n) is 1.78. The number of ether oxygens (including phenoxy) is 1. The Morgan fingerprint density at radius 1 is 1.75 bits per heavy atom. The summed E-state index contributed by atoms with van der Waals surface area (Å²) in [5.74, 6) is -0.0990. The number of carbonyl (C=O) groups excluding carboxylic acids is 1. The Hall–Kier alpha value is -0.790. The second kappa shape index (κ2) is 1.99. The predicted octanol–water partition coefficient (Wildman–Crippen LogP) is 0.880. The van der Waals surface area contributed by atoms with E-state index in [0.29, 0.717) is 13.0 Å². The van der Waals surface area contributed by atoms with Gasteiger partial charge in [-0.3, -0.25) is 4.79 Å². The van der Waals surface area contributed by atoms with Gasteiger partial charge in [0.1, 0.15) is 6.61 Å². The molecule has 0 aromatic carbocycles. The molecule has 0 amide bonds. The maximum absolute atomic E-state index is 10.3. The molecule has 2 nitrogen and oxygen atoms in total. The van der Waals surface area contributed by atoms with E-state index in [4.69, 9.17) is 0 Å². The van der Waals surface area contributed by atoms with Crippen LogP contribution in [0.25, 0.3) is 0 Å². The van der Waals surface area contributed by atoms with Gasteiger partial charge < -0.3 is 4.74 Å². The summed E-state index contributed by atoms with van der Waals surface area (Å²) < 4.78 is 4.65. The minimum atomic E-state index is -0.0990. The van der Waals surface area contributed by atoms with Crippen LogP contribution in [0, 0.1) is 0 Å². The molecule has 0 aromatic heterocycles. The van der Waals surface area contributed by atoms with Crippen LogP contribution in [0.15, 0.2) is 11.6 Å². The Bertz CT molecular complexity index is 135. The Labute approximate surface area is 48.1 Å². The highest BCUT2D eigenvalue weighted by atomic mass is 16.5. The zero-order chi connectivity index (χ0) is 5.98. The molecule has 0 unspecified atom stereocenters. The highest BCUT2D eigenvalue weighted by molar-refractivity contribution is 5.75. The third-order valence-electron chi connectivity index (χ3n) is 1.20. The quantitative estimate of drug-likeness (QED) is 0.343. The molecule has 0 aromatic rings. The van der Waals surface area contributed by atoms with Crippen LogP contribution in [-0.4, -0.2) is 12.6 Å². The number of cyclic esters (lactones) is 1. The molecule has 1 heterocycles. The molecule has 0 saturated carbocycles. The summed E-state index contributed by atoms with van der Waals surface area (Å²) in [5.41, 5.74) is 1.09. The minimum Gasteiger partial charge on any atom is -0.461 e. The molecule has 0 N–H and O–H groups in total. The van der Waals surface area contributed by atoms with E-state index < -0.39 is 0 Å². The SMILES string of the molecule is CC=C1COC(=O)C1. The van der Waals surface area contributed by atoms with Crippen molar-refractivity contribution >= 4 is 5.97 Å². The predicted molar refractivity (Wildman–Crippen MR) is 29.3 cm³/mol. The summed E-state index contributed by atoms with van der Waals surface area (Å²) in [6.45, 7) is 2.42. The summed E-state index contributed by atoms with van der Waals surface area (Å²) in [5, 5.41) is 0. The summed E-state index contributed by atoms with van der Waals surface area (Å²) in [7, 11) is 0. The van der Waals surface area contributed by atoms with Gasteiger partial charge in [-0.1, -0.05) is 6.08 Å². The third-order valence-corrected chi connectivity index (χ3v) is 1.20. The molecular formula is C6H8O2. The summed E-state index contributed by atoms with van der Waals surface area (Å²) in [6.07, 6.45) is 2.42. The highest BCUT2D eigenvalue weighted by Gasteiger charge is 2.14. The lowest BCUT2D eigenvalue weighted by molar-refractivity contribution is -0.137. The van der Waals surface area contributed by atoms with E-state index in [1.165, 1.54) is 0 Å². The zero-order valence-corrected chi connectivity index (χ0v) is 4.81. The Balaban J connectivity index is 2.56. The van der Waals surface area contributed by atoms with Gasteiger partial charge in [-0.2, -0.15) is 0 Å². The zero-order valence-electron chi connectivity index (χ0n) is 4.81. The van der Waals surface area contributed by atoms with Gasteiger partial charge in [0.2, 0.25) is 0 Å². The van der Waals surface area contributed by atoms with Crippen molar-refractivity contribution < 1.29 is 9.53 Å². The smallest absolute Gasteiger partial charge is 0.310 e. The molecular weight excluding hydrogens is 104 g/mol. The second-order valence-corrected chi connectivity index (χ2v) is 1.78. The first-order chi connectivity index (χ1) is 3.83. The summed E-state index contributed by atoms with van der Waals surface area (Å²) in [4.78, 5) is 10.3. The summed E-state index contributed by atoms with van der Waals surface area (Å²) >= 11 is 0. The Morgan fingerprint density at radius 3 is 2.75 bits per heavy atom. The molecule has 0 atom stereocenters. The van der Waals surface area contributed by atoms with E-state index in [0.717, 1.165) is 5.57 Å². The van der Waals surface area contributed by atoms with Crippen LogP contribution in [0.5, 0.6) is 0 Å². The lowest BCUT2D eigenvalue weighted by atomic mass is 10.2. The fourth-order valence-corrected chi connectivity index (χ4v) is 0.646.